The third-order valence-electron chi connectivity index (χ3n) is 18.8. The van der Waals surface area contributed by atoms with Crippen LogP contribution in [0.25, 0.3) is 0 Å². The van der Waals surface area contributed by atoms with Crippen LogP contribution in [0.15, 0.2) is 23.0 Å². The van der Waals surface area contributed by atoms with E-state index in [0.29, 0.717) is 36.5 Å². The summed E-state index contributed by atoms with van der Waals surface area (Å²) in [6, 6.07) is 0. The average Bonchev–Trinajstić information content (AvgIpc) is 3.85. The molecule has 5 heterocycles. The number of hydrogen-bond acceptors (Lipinski definition) is 21. The number of aliphatic hydroxyl groups excluding tert-OH is 12. The van der Waals surface area contributed by atoms with Gasteiger partial charge in [0.1, 0.15) is 91.6 Å². The number of rotatable bonds is 14. The van der Waals surface area contributed by atoms with Crippen molar-refractivity contribution in [3.8, 4) is 0 Å². The number of aliphatic hydroxyl groups is 12. The van der Waals surface area contributed by atoms with Gasteiger partial charge in [-0.3, -0.25) is 0 Å². The minimum absolute atomic E-state index is 0.0680. The molecule has 0 amide bonds. The van der Waals surface area contributed by atoms with Gasteiger partial charge in [-0.15, -0.1) is 0 Å². The molecule has 5 aliphatic heterocycles. The zero-order chi connectivity index (χ0) is 51.9. The van der Waals surface area contributed by atoms with Crippen molar-refractivity contribution in [3.63, 3.8) is 0 Å². The van der Waals surface area contributed by atoms with Gasteiger partial charge in [0.15, 0.2) is 25.2 Å². The molecule has 0 aromatic rings. The molecule has 4 saturated heterocycles. The molecular formula is C51H82O21. The maximum atomic E-state index is 12.0. The number of ether oxygens (including phenoxy) is 9. The van der Waals surface area contributed by atoms with Crippen LogP contribution in [0.1, 0.15) is 99.3 Å². The molecule has 9 aliphatic rings. The quantitative estimate of drug-likeness (QED) is 0.0926. The molecule has 0 aromatic carbocycles. The van der Waals surface area contributed by atoms with E-state index in [9.17, 15) is 61.3 Å². The lowest BCUT2D eigenvalue weighted by atomic mass is 9.47. The lowest BCUT2D eigenvalue weighted by Gasteiger charge is -2.58. The third-order valence-corrected chi connectivity index (χ3v) is 18.8. The Labute approximate surface area is 420 Å². The van der Waals surface area contributed by atoms with Crippen LogP contribution in [-0.4, -0.2) is 216 Å². The molecule has 29 atom stereocenters. The molecular weight excluding hydrogens is 949 g/mol. The van der Waals surface area contributed by atoms with Crippen LogP contribution in [0.5, 0.6) is 0 Å². The predicted octanol–water partition coefficient (Wildman–Crippen LogP) is -1.03. The van der Waals surface area contributed by atoms with Crippen molar-refractivity contribution in [1.29, 1.82) is 0 Å². The van der Waals surface area contributed by atoms with Crippen molar-refractivity contribution in [2.24, 2.45) is 40.4 Å². The molecule has 0 radical (unpaired) electrons. The molecule has 21 heteroatoms. The van der Waals surface area contributed by atoms with Gasteiger partial charge in [-0.05, 0) is 112 Å². The Bertz CT molecular complexity index is 1920. The highest BCUT2D eigenvalue weighted by Crippen LogP contribution is 2.69. The van der Waals surface area contributed by atoms with Gasteiger partial charge in [0, 0.05) is 12.3 Å². The monoisotopic (exact) mass is 1030 g/mol. The Morgan fingerprint density at radius 3 is 1.89 bits per heavy atom. The minimum Gasteiger partial charge on any atom is -0.494 e. The maximum absolute atomic E-state index is 12.0. The van der Waals surface area contributed by atoms with Crippen LogP contribution in [0, 0.1) is 40.4 Å². The largest absolute Gasteiger partial charge is 0.494 e. The highest BCUT2D eigenvalue weighted by Gasteiger charge is 2.64. The SMILES string of the molecule is CC1=C(CC[C@@H](C)CO[C@@H]2O[C@H](CO)[C@@H](O)[C@H](O)[C@H]2O)O[C@H]2C[C@H]3[C@@H]4CC=C5C[C@@H](O[C@@H]6O[C@H](CO)[C@@H](O[C@@H]7O[C@@H](C)[C@H](O)[C@@H](O)[C@H]7O)[C@H](O)[C@H]6O[C@@H]6O[C@@H](C)[C@H](O)[C@@H](O)[C@H]6O)CC[C@]5(C)[C@H]4CC[C@]3(C)[C@H]12. The first-order valence-corrected chi connectivity index (χ1v) is 26.4. The minimum atomic E-state index is -1.74. The molecule has 0 bridgehead atoms. The van der Waals surface area contributed by atoms with Crippen molar-refractivity contribution < 1.29 is 104 Å². The fourth-order valence-electron chi connectivity index (χ4n) is 14.5. The highest BCUT2D eigenvalue weighted by atomic mass is 16.8. The second kappa shape index (κ2) is 21.7. The highest BCUT2D eigenvalue weighted by molar-refractivity contribution is 5.30. The molecule has 4 aliphatic carbocycles. The fraction of sp³-hybridized carbons (Fsp3) is 0.922. The Hall–Kier alpha value is -1.52. The van der Waals surface area contributed by atoms with E-state index < -0.39 is 142 Å². The van der Waals surface area contributed by atoms with Gasteiger partial charge in [0.05, 0.1) is 43.9 Å². The zero-order valence-corrected chi connectivity index (χ0v) is 42.2. The second-order valence-corrected chi connectivity index (χ2v) is 23.2. The summed E-state index contributed by atoms with van der Waals surface area (Å²) in [5, 5.41) is 126. The van der Waals surface area contributed by atoms with Gasteiger partial charge < -0.3 is 104 Å². The van der Waals surface area contributed by atoms with E-state index in [-0.39, 0.29) is 29.5 Å². The van der Waals surface area contributed by atoms with Crippen LogP contribution < -0.4 is 0 Å². The summed E-state index contributed by atoms with van der Waals surface area (Å²) in [6.45, 7) is 11.1. The third kappa shape index (κ3) is 9.90. The molecule has 0 aromatic heterocycles. The van der Waals surface area contributed by atoms with Crippen LogP contribution in [0.4, 0.5) is 0 Å². The predicted molar refractivity (Wildman–Crippen MR) is 247 cm³/mol. The summed E-state index contributed by atoms with van der Waals surface area (Å²) < 4.78 is 54.8. The van der Waals surface area contributed by atoms with Crippen LogP contribution in [0.2, 0.25) is 0 Å². The van der Waals surface area contributed by atoms with E-state index in [0.717, 1.165) is 50.7 Å². The van der Waals surface area contributed by atoms with Crippen molar-refractivity contribution in [1.82, 2.24) is 0 Å². The smallest absolute Gasteiger partial charge is 0.187 e. The first kappa shape index (κ1) is 55.2. The van der Waals surface area contributed by atoms with Crippen LogP contribution >= 0.6 is 0 Å². The zero-order valence-electron chi connectivity index (χ0n) is 42.2. The lowest BCUT2D eigenvalue weighted by Crippen LogP contribution is -2.66. The summed E-state index contributed by atoms with van der Waals surface area (Å²) in [4.78, 5) is 0. The summed E-state index contributed by atoms with van der Waals surface area (Å²) in [7, 11) is 0. The van der Waals surface area contributed by atoms with Crippen molar-refractivity contribution in [3.05, 3.63) is 23.0 Å². The number of fused-ring (bicyclic) bond motifs is 7. The molecule has 7 fully saturated rings. The Morgan fingerprint density at radius 1 is 0.653 bits per heavy atom. The summed E-state index contributed by atoms with van der Waals surface area (Å²) in [5.74, 6) is 2.80. The number of allylic oxidation sites excluding steroid dienone is 2. The summed E-state index contributed by atoms with van der Waals surface area (Å²) >= 11 is 0. The van der Waals surface area contributed by atoms with Crippen LogP contribution in [-0.2, 0) is 42.6 Å². The van der Waals surface area contributed by atoms with E-state index in [4.69, 9.17) is 42.6 Å². The lowest BCUT2D eigenvalue weighted by molar-refractivity contribution is -0.388. The van der Waals surface area contributed by atoms with Crippen LogP contribution in [0.3, 0.4) is 0 Å². The molecule has 9 rings (SSSR count). The number of hydrogen-bond donors (Lipinski definition) is 12. The average molecular weight is 1030 g/mol. The van der Waals surface area contributed by atoms with Gasteiger partial charge in [-0.1, -0.05) is 32.4 Å². The first-order valence-electron chi connectivity index (χ1n) is 26.4. The van der Waals surface area contributed by atoms with Gasteiger partial charge in [0.2, 0.25) is 0 Å². The molecule has 0 spiro atoms. The van der Waals surface area contributed by atoms with Crippen molar-refractivity contribution >= 4 is 0 Å². The molecule has 12 N–H and O–H groups in total. The Balaban J connectivity index is 0.849. The second-order valence-electron chi connectivity index (χ2n) is 23.2. The molecule has 21 nitrogen and oxygen atoms in total. The fourth-order valence-corrected chi connectivity index (χ4v) is 14.5. The molecule has 0 unspecified atom stereocenters. The van der Waals surface area contributed by atoms with Crippen molar-refractivity contribution in [2.45, 2.75) is 234 Å². The van der Waals surface area contributed by atoms with Gasteiger partial charge in [0.25, 0.3) is 0 Å². The van der Waals surface area contributed by atoms with Crippen molar-refractivity contribution in [2.75, 3.05) is 19.8 Å². The van der Waals surface area contributed by atoms with E-state index in [2.05, 4.69) is 26.8 Å². The maximum Gasteiger partial charge on any atom is 0.187 e. The molecule has 72 heavy (non-hydrogen) atoms. The van der Waals surface area contributed by atoms with Gasteiger partial charge in [-0.25, -0.2) is 0 Å². The topological polar surface area (TPSA) is 326 Å². The molecule has 3 saturated carbocycles. The Kier molecular flexibility index (Phi) is 16.7. The van der Waals surface area contributed by atoms with E-state index in [1.807, 2.05) is 6.92 Å². The van der Waals surface area contributed by atoms with E-state index in [1.54, 1.807) is 0 Å². The van der Waals surface area contributed by atoms with Gasteiger partial charge in [-0.2, -0.15) is 0 Å². The van der Waals surface area contributed by atoms with Gasteiger partial charge >= 0.3 is 0 Å². The van der Waals surface area contributed by atoms with E-state index in [1.165, 1.54) is 25.0 Å². The first-order chi connectivity index (χ1) is 34.1. The molecule has 412 valence electrons. The summed E-state index contributed by atoms with van der Waals surface area (Å²) in [5.41, 5.74) is 2.59. The van der Waals surface area contributed by atoms with E-state index >= 15 is 0 Å². The standard InChI is InChI=1S/C51H82O21/c1-20(19-64-46-40(60)39(59)36(56)31(17-52)69-46)7-10-29-21(2)33-30(68-29)16-28-26-9-8-24-15-25(11-13-50(24,5)27(26)12-14-51(28,33)6)67-49-45(72-48-42(62)38(58)35(55)23(4)66-48)43(63)44(32(18-53)70-49)71-47-41(61)37(57)34(54)22(3)65-47/h8,20,22-23,25-28,30-49,52-63H,7,9-19H2,1-6H3/t20-,22+,23+,25+,26-,27+,28+,30+,31-,32-,33-,34+,35+,36-,37-,38-,39+,40-,41-,42-,43+,44-,45-,46-,47+,48+,49-,50+,51+/m1/s1. The summed E-state index contributed by atoms with van der Waals surface area (Å²) in [6.07, 6.45) is -18.8. The normalized spacial score (nSPS) is 52.9. The Morgan fingerprint density at radius 2 is 1.25 bits per heavy atom.